The van der Waals surface area contributed by atoms with Crippen molar-refractivity contribution in [2.24, 2.45) is 5.92 Å². The lowest BCUT2D eigenvalue weighted by Gasteiger charge is -2.30. The molecule has 1 amide bonds. The molecule has 0 saturated carbocycles. The monoisotopic (exact) mass is 377 g/mol. The number of sulfone groups is 1. The number of rotatable bonds is 5. The fourth-order valence-corrected chi connectivity index (χ4v) is 5.06. The molecule has 1 fully saturated rings. The molecule has 0 aliphatic carbocycles. The molecule has 26 heavy (non-hydrogen) atoms. The molecule has 140 valence electrons. The van der Waals surface area contributed by atoms with Crippen molar-refractivity contribution in [3.05, 3.63) is 40.9 Å². The number of hydrogen-bond acceptors (Lipinski definition) is 5. The number of hydrogen-bond donors (Lipinski definition) is 0. The molecular weight excluding hydrogens is 354 g/mol. The maximum atomic E-state index is 12.9. The Labute approximate surface area is 152 Å². The summed E-state index contributed by atoms with van der Waals surface area (Å²) in [6.45, 7) is 4.29. The minimum atomic E-state index is -3.09. The normalized spacial score (nSPS) is 19.1. The fourth-order valence-electron chi connectivity index (χ4n) is 3.32. The van der Waals surface area contributed by atoms with Gasteiger partial charge in [0.1, 0.15) is 6.54 Å². The molecule has 7 nitrogen and oxygen atoms in total. The first kappa shape index (κ1) is 18.6. The van der Waals surface area contributed by atoms with Gasteiger partial charge in [-0.3, -0.25) is 14.2 Å². The summed E-state index contributed by atoms with van der Waals surface area (Å²) in [5.74, 6) is 0.0570. The van der Waals surface area contributed by atoms with Crippen LogP contribution in [0.25, 0.3) is 10.9 Å². The predicted molar refractivity (Wildman–Crippen MR) is 99.6 cm³/mol. The number of benzene rings is 1. The Morgan fingerprint density at radius 3 is 2.73 bits per heavy atom. The molecule has 1 atom stereocenters. The third kappa shape index (κ3) is 3.95. The van der Waals surface area contributed by atoms with E-state index < -0.39 is 9.84 Å². The van der Waals surface area contributed by atoms with Crippen LogP contribution in [0.15, 0.2) is 35.4 Å². The number of nitrogens with zero attached hydrogens (tertiary/aromatic N) is 3. The Morgan fingerprint density at radius 2 is 2.08 bits per heavy atom. The maximum absolute atomic E-state index is 12.9. The van der Waals surface area contributed by atoms with Crippen molar-refractivity contribution in [2.75, 3.05) is 18.1 Å². The van der Waals surface area contributed by atoms with Gasteiger partial charge in [-0.15, -0.1) is 0 Å². The van der Waals surface area contributed by atoms with E-state index in [1.54, 1.807) is 29.2 Å². The zero-order valence-corrected chi connectivity index (χ0v) is 15.8. The molecule has 1 aliphatic rings. The standard InChI is InChI=1S/C18H23N3O4S/c1-13(2)9-21(14-7-8-26(24,25)11-14)17(22)10-20-12-19-16-6-4-3-5-15(16)18(20)23/h3-6,12-14H,7-11H2,1-2H3/t14-/m0/s1. The van der Waals surface area contributed by atoms with Gasteiger partial charge < -0.3 is 4.90 Å². The summed E-state index contributed by atoms with van der Waals surface area (Å²) in [7, 11) is -3.09. The fraction of sp³-hybridized carbons (Fsp3) is 0.500. The molecule has 0 bridgehead atoms. The molecule has 0 N–H and O–H groups in total. The van der Waals surface area contributed by atoms with Gasteiger partial charge in [0, 0.05) is 12.6 Å². The van der Waals surface area contributed by atoms with Crippen LogP contribution < -0.4 is 5.56 Å². The van der Waals surface area contributed by atoms with Gasteiger partial charge in [-0.05, 0) is 24.5 Å². The molecule has 0 spiro atoms. The molecule has 2 aromatic rings. The molecule has 0 unspecified atom stereocenters. The van der Waals surface area contributed by atoms with E-state index in [2.05, 4.69) is 4.98 Å². The van der Waals surface area contributed by atoms with Crippen LogP contribution in [0, 0.1) is 5.92 Å². The SMILES string of the molecule is CC(C)CN(C(=O)Cn1cnc2ccccc2c1=O)[C@H]1CCS(=O)(=O)C1. The lowest BCUT2D eigenvalue weighted by Crippen LogP contribution is -2.45. The number of aromatic nitrogens is 2. The van der Waals surface area contributed by atoms with Gasteiger partial charge in [-0.2, -0.15) is 0 Å². The smallest absolute Gasteiger partial charge is 0.261 e. The Balaban J connectivity index is 1.86. The van der Waals surface area contributed by atoms with Gasteiger partial charge in [-0.25, -0.2) is 13.4 Å². The summed E-state index contributed by atoms with van der Waals surface area (Å²) in [5, 5.41) is 0.460. The molecule has 3 rings (SSSR count). The van der Waals surface area contributed by atoms with Crippen molar-refractivity contribution < 1.29 is 13.2 Å². The molecule has 1 aliphatic heterocycles. The second kappa shape index (κ2) is 7.19. The molecular formula is C18H23N3O4S. The lowest BCUT2D eigenvalue weighted by atomic mass is 10.1. The van der Waals surface area contributed by atoms with Crippen molar-refractivity contribution in [1.29, 1.82) is 0 Å². The van der Waals surface area contributed by atoms with Gasteiger partial charge in [0.25, 0.3) is 5.56 Å². The zero-order chi connectivity index (χ0) is 18.9. The number of para-hydroxylation sites is 1. The quantitative estimate of drug-likeness (QED) is 0.777. The molecule has 1 aromatic carbocycles. The number of carbonyl (C=O) groups excluding carboxylic acids is 1. The summed E-state index contributed by atoms with van der Waals surface area (Å²) in [6, 6.07) is 6.67. The van der Waals surface area contributed by atoms with Crippen molar-refractivity contribution in [3.63, 3.8) is 0 Å². The summed E-state index contributed by atoms with van der Waals surface area (Å²) >= 11 is 0. The van der Waals surface area contributed by atoms with Gasteiger partial charge in [0.15, 0.2) is 9.84 Å². The van der Waals surface area contributed by atoms with Crippen molar-refractivity contribution >= 4 is 26.6 Å². The van der Waals surface area contributed by atoms with Gasteiger partial charge in [0.2, 0.25) is 5.91 Å². The highest BCUT2D eigenvalue weighted by Gasteiger charge is 2.34. The topological polar surface area (TPSA) is 89.3 Å². The minimum Gasteiger partial charge on any atom is -0.337 e. The minimum absolute atomic E-state index is 0.00364. The molecule has 2 heterocycles. The average molecular weight is 377 g/mol. The molecule has 8 heteroatoms. The van der Waals surface area contributed by atoms with Crippen LogP contribution in [0.5, 0.6) is 0 Å². The van der Waals surface area contributed by atoms with Gasteiger partial charge in [0.05, 0.1) is 28.7 Å². The number of amides is 1. The van der Waals surface area contributed by atoms with Crippen LogP contribution in [-0.2, 0) is 21.2 Å². The van der Waals surface area contributed by atoms with Crippen LogP contribution in [0.3, 0.4) is 0 Å². The third-order valence-corrected chi connectivity index (χ3v) is 6.32. The zero-order valence-electron chi connectivity index (χ0n) is 15.0. The average Bonchev–Trinajstić information content (AvgIpc) is 2.95. The van der Waals surface area contributed by atoms with E-state index >= 15 is 0 Å². The van der Waals surface area contributed by atoms with Gasteiger partial charge >= 0.3 is 0 Å². The van der Waals surface area contributed by atoms with E-state index in [-0.39, 0.29) is 41.5 Å². The Bertz CT molecular complexity index is 981. The third-order valence-electron chi connectivity index (χ3n) is 4.57. The highest BCUT2D eigenvalue weighted by Crippen LogP contribution is 2.19. The highest BCUT2D eigenvalue weighted by atomic mass is 32.2. The van der Waals surface area contributed by atoms with E-state index in [9.17, 15) is 18.0 Å². The van der Waals surface area contributed by atoms with Gasteiger partial charge in [-0.1, -0.05) is 26.0 Å². The largest absolute Gasteiger partial charge is 0.337 e. The van der Waals surface area contributed by atoms with E-state index in [0.29, 0.717) is 23.9 Å². The predicted octanol–water partition coefficient (Wildman–Crippen LogP) is 1.07. The van der Waals surface area contributed by atoms with Crippen LogP contribution in [0.2, 0.25) is 0 Å². The summed E-state index contributed by atoms with van der Waals surface area (Å²) in [4.78, 5) is 31.3. The Kier molecular flexibility index (Phi) is 5.13. The van der Waals surface area contributed by atoms with Crippen molar-refractivity contribution in [1.82, 2.24) is 14.5 Å². The first-order valence-electron chi connectivity index (χ1n) is 8.71. The highest BCUT2D eigenvalue weighted by molar-refractivity contribution is 7.91. The van der Waals surface area contributed by atoms with E-state index in [4.69, 9.17) is 0 Å². The second-order valence-electron chi connectivity index (χ2n) is 7.19. The van der Waals surface area contributed by atoms with Crippen molar-refractivity contribution in [3.8, 4) is 0 Å². The van der Waals surface area contributed by atoms with E-state index in [1.807, 2.05) is 13.8 Å². The number of fused-ring (bicyclic) bond motifs is 1. The second-order valence-corrected chi connectivity index (χ2v) is 9.42. The first-order valence-corrected chi connectivity index (χ1v) is 10.5. The Hall–Kier alpha value is -2.22. The number of carbonyl (C=O) groups is 1. The summed E-state index contributed by atoms with van der Waals surface area (Å²) in [5.41, 5.74) is 0.314. The van der Waals surface area contributed by atoms with Crippen LogP contribution >= 0.6 is 0 Å². The lowest BCUT2D eigenvalue weighted by molar-refractivity contribution is -0.134. The first-order chi connectivity index (χ1) is 12.3. The Morgan fingerprint density at radius 1 is 1.35 bits per heavy atom. The van der Waals surface area contributed by atoms with Crippen LogP contribution in [0.1, 0.15) is 20.3 Å². The maximum Gasteiger partial charge on any atom is 0.261 e. The van der Waals surface area contributed by atoms with Crippen LogP contribution in [0.4, 0.5) is 0 Å². The summed E-state index contributed by atoms with van der Waals surface area (Å²) in [6.07, 6.45) is 1.83. The van der Waals surface area contributed by atoms with E-state index in [1.165, 1.54) is 10.9 Å². The molecule has 1 aromatic heterocycles. The van der Waals surface area contributed by atoms with Crippen molar-refractivity contribution in [2.45, 2.75) is 32.9 Å². The molecule has 1 saturated heterocycles. The molecule has 0 radical (unpaired) electrons. The van der Waals surface area contributed by atoms with E-state index in [0.717, 1.165) is 0 Å². The van der Waals surface area contributed by atoms with Crippen LogP contribution in [-0.4, -0.2) is 52.9 Å². The summed E-state index contributed by atoms with van der Waals surface area (Å²) < 4.78 is 24.9.